The topological polar surface area (TPSA) is 29.1 Å². The van der Waals surface area contributed by atoms with Crippen molar-refractivity contribution in [2.24, 2.45) is 5.92 Å². The number of carbonyl (C=O) groups is 1. The van der Waals surface area contributed by atoms with Crippen LogP contribution in [0.4, 0.5) is 0 Å². The Kier molecular flexibility index (Phi) is 4.66. The molecule has 0 aromatic rings. The standard InChI is InChI=1S/C9H16BrNO/c10-6-4-9(12)11-7-5-8-2-1-3-8/h8H,1-7H2,(H,11,12). The van der Waals surface area contributed by atoms with Crippen LogP contribution in [-0.2, 0) is 4.79 Å². The Morgan fingerprint density at radius 2 is 2.25 bits per heavy atom. The molecule has 2 nitrogen and oxygen atoms in total. The zero-order valence-corrected chi connectivity index (χ0v) is 8.90. The first-order valence-corrected chi connectivity index (χ1v) is 5.77. The lowest BCUT2D eigenvalue weighted by Crippen LogP contribution is -2.27. The van der Waals surface area contributed by atoms with Crippen molar-refractivity contribution in [1.29, 1.82) is 0 Å². The van der Waals surface area contributed by atoms with Crippen molar-refractivity contribution in [2.45, 2.75) is 32.1 Å². The molecule has 1 aliphatic rings. The summed E-state index contributed by atoms with van der Waals surface area (Å²) < 4.78 is 0. The first-order chi connectivity index (χ1) is 5.83. The van der Waals surface area contributed by atoms with E-state index >= 15 is 0 Å². The van der Waals surface area contributed by atoms with Crippen LogP contribution in [0.15, 0.2) is 0 Å². The average Bonchev–Trinajstić information content (AvgIpc) is 1.95. The molecule has 1 rings (SSSR count). The van der Waals surface area contributed by atoms with Crippen molar-refractivity contribution in [1.82, 2.24) is 5.32 Å². The average molecular weight is 234 g/mol. The number of carbonyl (C=O) groups excluding carboxylic acids is 1. The molecule has 0 aromatic heterocycles. The Morgan fingerprint density at radius 3 is 2.75 bits per heavy atom. The molecule has 0 aliphatic heterocycles. The van der Waals surface area contributed by atoms with Gasteiger partial charge < -0.3 is 5.32 Å². The minimum Gasteiger partial charge on any atom is -0.356 e. The quantitative estimate of drug-likeness (QED) is 0.725. The van der Waals surface area contributed by atoms with E-state index in [2.05, 4.69) is 21.2 Å². The molecule has 0 bridgehead atoms. The van der Waals surface area contributed by atoms with E-state index in [-0.39, 0.29) is 5.91 Å². The van der Waals surface area contributed by atoms with Gasteiger partial charge in [-0.25, -0.2) is 0 Å². The summed E-state index contributed by atoms with van der Waals surface area (Å²) in [7, 11) is 0. The highest BCUT2D eigenvalue weighted by Crippen LogP contribution is 2.28. The molecule has 1 N–H and O–H groups in total. The first-order valence-electron chi connectivity index (χ1n) is 4.65. The Morgan fingerprint density at radius 1 is 1.50 bits per heavy atom. The molecule has 0 unspecified atom stereocenters. The molecule has 0 spiro atoms. The maximum absolute atomic E-state index is 11.0. The minimum atomic E-state index is 0.172. The van der Waals surface area contributed by atoms with Gasteiger partial charge in [0.2, 0.25) is 5.91 Å². The van der Waals surface area contributed by atoms with Crippen molar-refractivity contribution in [3.05, 3.63) is 0 Å². The highest BCUT2D eigenvalue weighted by atomic mass is 79.9. The molecule has 0 radical (unpaired) electrons. The lowest BCUT2D eigenvalue weighted by Gasteiger charge is -2.25. The summed E-state index contributed by atoms with van der Waals surface area (Å²) in [5.74, 6) is 1.07. The maximum Gasteiger partial charge on any atom is 0.220 e. The first kappa shape index (κ1) is 10.0. The zero-order valence-electron chi connectivity index (χ0n) is 7.31. The van der Waals surface area contributed by atoms with Crippen LogP contribution in [0.25, 0.3) is 0 Å². The summed E-state index contributed by atoms with van der Waals surface area (Å²) in [4.78, 5) is 11.0. The van der Waals surface area contributed by atoms with Gasteiger partial charge >= 0.3 is 0 Å². The zero-order chi connectivity index (χ0) is 8.81. The van der Waals surface area contributed by atoms with Gasteiger partial charge in [-0.1, -0.05) is 35.2 Å². The molecular formula is C9H16BrNO. The van der Waals surface area contributed by atoms with Crippen molar-refractivity contribution in [3.8, 4) is 0 Å². The summed E-state index contributed by atoms with van der Waals surface area (Å²) in [5, 5.41) is 3.68. The Hall–Kier alpha value is -0.0500. The van der Waals surface area contributed by atoms with Crippen LogP contribution in [0.1, 0.15) is 32.1 Å². The number of amides is 1. The fourth-order valence-electron chi connectivity index (χ4n) is 1.37. The molecule has 0 saturated heterocycles. The van der Waals surface area contributed by atoms with Crippen LogP contribution in [-0.4, -0.2) is 17.8 Å². The van der Waals surface area contributed by atoms with E-state index in [1.807, 2.05) is 0 Å². The largest absolute Gasteiger partial charge is 0.356 e. The van der Waals surface area contributed by atoms with E-state index in [1.165, 1.54) is 25.7 Å². The van der Waals surface area contributed by atoms with Gasteiger partial charge in [-0.05, 0) is 12.3 Å². The third-order valence-corrected chi connectivity index (χ3v) is 2.82. The monoisotopic (exact) mass is 233 g/mol. The van der Waals surface area contributed by atoms with E-state index in [1.54, 1.807) is 0 Å². The predicted octanol–water partition coefficient (Wildman–Crippen LogP) is 2.08. The number of halogens is 1. The summed E-state index contributed by atoms with van der Waals surface area (Å²) in [6, 6.07) is 0. The van der Waals surface area contributed by atoms with Gasteiger partial charge in [-0.2, -0.15) is 0 Å². The van der Waals surface area contributed by atoms with Crippen LogP contribution in [0.2, 0.25) is 0 Å². The van der Waals surface area contributed by atoms with E-state index in [0.29, 0.717) is 6.42 Å². The molecule has 70 valence electrons. The second-order valence-corrected chi connectivity index (χ2v) is 4.17. The maximum atomic E-state index is 11.0. The van der Waals surface area contributed by atoms with Gasteiger partial charge in [0.05, 0.1) is 0 Å². The van der Waals surface area contributed by atoms with Gasteiger partial charge in [0, 0.05) is 18.3 Å². The van der Waals surface area contributed by atoms with E-state index < -0.39 is 0 Å². The summed E-state index contributed by atoms with van der Waals surface area (Å²) in [6.45, 7) is 0.872. The Balaban J connectivity index is 1.90. The van der Waals surface area contributed by atoms with Crippen LogP contribution in [0.5, 0.6) is 0 Å². The molecule has 12 heavy (non-hydrogen) atoms. The fraction of sp³-hybridized carbons (Fsp3) is 0.889. The molecule has 1 amide bonds. The molecule has 3 heteroatoms. The van der Waals surface area contributed by atoms with E-state index in [9.17, 15) is 4.79 Å². The molecule has 1 fully saturated rings. The smallest absolute Gasteiger partial charge is 0.220 e. The molecule has 0 heterocycles. The van der Waals surface area contributed by atoms with E-state index in [4.69, 9.17) is 0 Å². The van der Waals surface area contributed by atoms with Gasteiger partial charge in [0.25, 0.3) is 0 Å². The summed E-state index contributed by atoms with van der Waals surface area (Å²) in [5.41, 5.74) is 0. The number of nitrogens with one attached hydrogen (secondary N) is 1. The van der Waals surface area contributed by atoms with Crippen LogP contribution >= 0.6 is 15.9 Å². The third kappa shape index (κ3) is 3.57. The van der Waals surface area contributed by atoms with Crippen LogP contribution < -0.4 is 5.32 Å². The second kappa shape index (κ2) is 5.57. The lowest BCUT2D eigenvalue weighted by molar-refractivity contribution is -0.120. The van der Waals surface area contributed by atoms with Gasteiger partial charge in [0.15, 0.2) is 0 Å². The third-order valence-electron chi connectivity index (χ3n) is 2.42. The number of hydrogen-bond donors (Lipinski definition) is 1. The molecule has 0 aromatic carbocycles. The number of rotatable bonds is 5. The summed E-state index contributed by atoms with van der Waals surface area (Å²) in [6.07, 6.45) is 5.90. The second-order valence-electron chi connectivity index (χ2n) is 3.37. The molecule has 0 atom stereocenters. The highest BCUT2D eigenvalue weighted by Gasteiger charge is 2.16. The van der Waals surface area contributed by atoms with Crippen molar-refractivity contribution in [3.63, 3.8) is 0 Å². The molecular weight excluding hydrogens is 218 g/mol. The van der Waals surface area contributed by atoms with Gasteiger partial charge in [0.1, 0.15) is 0 Å². The summed E-state index contributed by atoms with van der Waals surface area (Å²) >= 11 is 3.23. The fourth-order valence-corrected chi connectivity index (χ4v) is 1.73. The normalized spacial score (nSPS) is 17.1. The molecule has 1 aliphatic carbocycles. The minimum absolute atomic E-state index is 0.172. The van der Waals surface area contributed by atoms with Gasteiger partial charge in [-0.3, -0.25) is 4.79 Å². The van der Waals surface area contributed by atoms with Crippen molar-refractivity contribution < 1.29 is 4.79 Å². The SMILES string of the molecule is O=C(CCBr)NCCC1CCC1. The number of hydrogen-bond acceptors (Lipinski definition) is 1. The Labute approximate surface area is 82.2 Å². The van der Waals surface area contributed by atoms with E-state index in [0.717, 1.165) is 17.8 Å². The lowest BCUT2D eigenvalue weighted by atomic mass is 9.83. The molecule has 1 saturated carbocycles. The number of alkyl halides is 1. The van der Waals surface area contributed by atoms with Gasteiger partial charge in [-0.15, -0.1) is 0 Å². The van der Waals surface area contributed by atoms with Crippen LogP contribution in [0.3, 0.4) is 0 Å². The van der Waals surface area contributed by atoms with Crippen LogP contribution in [0, 0.1) is 5.92 Å². The Bertz CT molecular complexity index is 145. The predicted molar refractivity (Wildman–Crippen MR) is 53.4 cm³/mol. The van der Waals surface area contributed by atoms with Crippen molar-refractivity contribution >= 4 is 21.8 Å². The van der Waals surface area contributed by atoms with Crippen molar-refractivity contribution in [2.75, 3.05) is 11.9 Å². The highest BCUT2D eigenvalue weighted by molar-refractivity contribution is 9.09.